The minimum Gasteiger partial charge on any atom is -0.486 e. The second kappa shape index (κ2) is 7.12. The van der Waals surface area contributed by atoms with Crippen LogP contribution < -0.4 is 13.8 Å². The van der Waals surface area contributed by atoms with Crippen molar-refractivity contribution in [2.24, 2.45) is 0 Å². The first kappa shape index (κ1) is 18.5. The lowest BCUT2D eigenvalue weighted by molar-refractivity contribution is -0.135. The highest BCUT2D eigenvalue weighted by Gasteiger charge is 2.30. The molecule has 138 valence electrons. The molecule has 3 rings (SSSR count). The molecular formula is C16H13BrFNO6S. The summed E-state index contributed by atoms with van der Waals surface area (Å²) in [6.45, 7) is -0.333. The van der Waals surface area contributed by atoms with E-state index in [0.717, 1.165) is 6.07 Å². The van der Waals surface area contributed by atoms with Crippen molar-refractivity contribution >= 4 is 37.6 Å². The number of ether oxygens (including phenoxy) is 2. The number of carboxylic acids is 1. The zero-order valence-electron chi connectivity index (χ0n) is 13.2. The van der Waals surface area contributed by atoms with E-state index in [9.17, 15) is 17.6 Å². The van der Waals surface area contributed by atoms with Gasteiger partial charge in [-0.3, -0.25) is 9.10 Å². The van der Waals surface area contributed by atoms with Crippen LogP contribution in [0, 0.1) is 5.82 Å². The van der Waals surface area contributed by atoms with Crippen LogP contribution in [0.5, 0.6) is 11.5 Å². The van der Waals surface area contributed by atoms with E-state index in [1.807, 2.05) is 0 Å². The monoisotopic (exact) mass is 445 g/mol. The summed E-state index contributed by atoms with van der Waals surface area (Å²) < 4.78 is 51.9. The van der Waals surface area contributed by atoms with Gasteiger partial charge >= 0.3 is 5.97 Å². The number of sulfonamides is 1. The van der Waals surface area contributed by atoms with Crippen LogP contribution in [0.2, 0.25) is 0 Å². The molecule has 1 aliphatic rings. The van der Waals surface area contributed by atoms with E-state index in [1.54, 1.807) is 0 Å². The Morgan fingerprint density at radius 1 is 1.15 bits per heavy atom. The summed E-state index contributed by atoms with van der Waals surface area (Å²) in [4.78, 5) is 11.0. The summed E-state index contributed by atoms with van der Waals surface area (Å²) in [6, 6.07) is 7.58. The summed E-state index contributed by atoms with van der Waals surface area (Å²) in [5, 5.41) is 9.11. The molecule has 0 amide bonds. The van der Waals surface area contributed by atoms with Gasteiger partial charge in [-0.15, -0.1) is 0 Å². The number of benzene rings is 2. The molecule has 0 aromatic heterocycles. The van der Waals surface area contributed by atoms with Crippen LogP contribution >= 0.6 is 15.9 Å². The molecule has 0 bridgehead atoms. The first-order chi connectivity index (χ1) is 12.3. The summed E-state index contributed by atoms with van der Waals surface area (Å²) in [6.07, 6.45) is 0. The van der Waals surface area contributed by atoms with E-state index in [1.165, 1.54) is 30.3 Å². The maximum absolute atomic E-state index is 14.3. The minimum absolute atomic E-state index is 0.226. The van der Waals surface area contributed by atoms with Crippen LogP contribution in [0.15, 0.2) is 45.8 Å². The quantitative estimate of drug-likeness (QED) is 0.760. The fourth-order valence-electron chi connectivity index (χ4n) is 2.42. The molecule has 2 aromatic carbocycles. The molecule has 2 aromatic rings. The van der Waals surface area contributed by atoms with Crippen molar-refractivity contribution in [3.05, 3.63) is 46.7 Å². The maximum Gasteiger partial charge on any atom is 0.324 e. The van der Waals surface area contributed by atoms with Crippen molar-refractivity contribution in [2.75, 3.05) is 24.1 Å². The van der Waals surface area contributed by atoms with Crippen LogP contribution in [0.3, 0.4) is 0 Å². The number of nitrogens with zero attached hydrogens (tertiary/aromatic N) is 1. The SMILES string of the molecule is O=C(O)CN(c1ccc(Br)cc1F)S(=O)(=O)c1ccc2c(c1)OCCO2. The van der Waals surface area contributed by atoms with E-state index >= 15 is 0 Å². The number of rotatable bonds is 5. The van der Waals surface area contributed by atoms with Crippen molar-refractivity contribution < 1.29 is 32.2 Å². The van der Waals surface area contributed by atoms with Gasteiger partial charge in [0.1, 0.15) is 25.6 Å². The predicted molar refractivity (Wildman–Crippen MR) is 93.7 cm³/mol. The molecule has 7 nitrogen and oxygen atoms in total. The van der Waals surface area contributed by atoms with E-state index < -0.39 is 28.4 Å². The van der Waals surface area contributed by atoms with Crippen molar-refractivity contribution in [1.82, 2.24) is 0 Å². The van der Waals surface area contributed by atoms with Crippen LogP contribution in [-0.4, -0.2) is 39.3 Å². The third kappa shape index (κ3) is 3.61. The van der Waals surface area contributed by atoms with E-state index in [-0.39, 0.29) is 22.9 Å². The van der Waals surface area contributed by atoms with E-state index in [0.29, 0.717) is 21.1 Å². The average Bonchev–Trinajstić information content (AvgIpc) is 2.59. The van der Waals surface area contributed by atoms with E-state index in [4.69, 9.17) is 14.6 Å². The summed E-state index contributed by atoms with van der Waals surface area (Å²) in [5.41, 5.74) is -0.370. The Morgan fingerprint density at radius 3 is 2.50 bits per heavy atom. The lowest BCUT2D eigenvalue weighted by atomic mass is 10.3. The molecule has 1 heterocycles. The fraction of sp³-hybridized carbons (Fsp3) is 0.188. The summed E-state index contributed by atoms with van der Waals surface area (Å²) in [5.74, 6) is -1.69. The van der Waals surface area contributed by atoms with Gasteiger partial charge in [-0.25, -0.2) is 12.8 Å². The van der Waals surface area contributed by atoms with Crippen LogP contribution in [0.1, 0.15) is 0 Å². The van der Waals surface area contributed by atoms with Crippen LogP contribution in [-0.2, 0) is 14.8 Å². The number of carboxylic acid groups (broad SMARTS) is 1. The van der Waals surface area contributed by atoms with Crippen molar-refractivity contribution in [1.29, 1.82) is 0 Å². The first-order valence-electron chi connectivity index (χ1n) is 7.38. The highest BCUT2D eigenvalue weighted by Crippen LogP contribution is 2.35. The molecule has 10 heteroatoms. The number of hydrogen-bond acceptors (Lipinski definition) is 5. The lowest BCUT2D eigenvalue weighted by Gasteiger charge is -2.24. The Morgan fingerprint density at radius 2 is 1.85 bits per heavy atom. The predicted octanol–water partition coefficient (Wildman–Crippen LogP) is 2.64. The second-order valence-electron chi connectivity index (χ2n) is 5.31. The third-order valence-corrected chi connectivity index (χ3v) is 5.81. The van der Waals surface area contributed by atoms with Gasteiger partial charge in [0.15, 0.2) is 11.5 Å². The highest BCUT2D eigenvalue weighted by atomic mass is 79.9. The molecule has 0 unspecified atom stereocenters. The number of aliphatic carboxylic acids is 1. The fourth-order valence-corrected chi connectivity index (χ4v) is 4.19. The lowest BCUT2D eigenvalue weighted by Crippen LogP contribution is -2.36. The number of fused-ring (bicyclic) bond motifs is 1. The Labute approximate surface area is 157 Å². The molecule has 0 atom stereocenters. The van der Waals surface area contributed by atoms with Gasteiger partial charge in [0, 0.05) is 10.5 Å². The molecule has 1 N–H and O–H groups in total. The molecule has 0 fully saturated rings. The van der Waals surface area contributed by atoms with Crippen molar-refractivity contribution in [3.8, 4) is 11.5 Å². The normalized spacial score (nSPS) is 13.3. The van der Waals surface area contributed by atoms with Gasteiger partial charge in [-0.1, -0.05) is 15.9 Å². The Hall–Kier alpha value is -2.33. The van der Waals surface area contributed by atoms with Gasteiger partial charge in [-0.05, 0) is 30.3 Å². The van der Waals surface area contributed by atoms with Gasteiger partial charge in [0.25, 0.3) is 10.0 Å². The average molecular weight is 446 g/mol. The number of anilines is 1. The molecule has 1 aliphatic heterocycles. The van der Waals surface area contributed by atoms with E-state index in [2.05, 4.69) is 15.9 Å². The smallest absolute Gasteiger partial charge is 0.324 e. The van der Waals surface area contributed by atoms with Crippen molar-refractivity contribution in [2.45, 2.75) is 4.90 Å². The number of carbonyl (C=O) groups is 1. The molecule has 26 heavy (non-hydrogen) atoms. The Bertz CT molecular complexity index is 965. The molecule has 0 saturated heterocycles. The van der Waals surface area contributed by atoms with Gasteiger partial charge < -0.3 is 14.6 Å². The number of hydrogen-bond donors (Lipinski definition) is 1. The van der Waals surface area contributed by atoms with Gasteiger partial charge in [0.2, 0.25) is 0 Å². The molecule has 0 saturated carbocycles. The molecule has 0 spiro atoms. The van der Waals surface area contributed by atoms with Gasteiger partial charge in [-0.2, -0.15) is 0 Å². The highest BCUT2D eigenvalue weighted by molar-refractivity contribution is 9.10. The Balaban J connectivity index is 2.09. The second-order valence-corrected chi connectivity index (χ2v) is 8.08. The topological polar surface area (TPSA) is 93.1 Å². The van der Waals surface area contributed by atoms with Crippen molar-refractivity contribution in [3.63, 3.8) is 0 Å². The number of halogens is 2. The standard InChI is InChI=1S/C16H13BrFNO6S/c17-10-1-3-13(12(18)7-10)19(9-16(20)21)26(22,23)11-2-4-14-15(8-11)25-6-5-24-14/h1-4,7-8H,5-6,9H2,(H,20,21). The molecule has 0 radical (unpaired) electrons. The summed E-state index contributed by atoms with van der Waals surface area (Å²) >= 11 is 3.08. The van der Waals surface area contributed by atoms with Gasteiger partial charge in [0.05, 0.1) is 10.6 Å². The zero-order chi connectivity index (χ0) is 18.9. The van der Waals surface area contributed by atoms with Crippen LogP contribution in [0.4, 0.5) is 10.1 Å². The first-order valence-corrected chi connectivity index (χ1v) is 9.61. The zero-order valence-corrected chi connectivity index (χ0v) is 15.6. The largest absolute Gasteiger partial charge is 0.486 e. The minimum atomic E-state index is -4.36. The Kier molecular flexibility index (Phi) is 5.05. The maximum atomic E-state index is 14.3. The molecular weight excluding hydrogens is 433 g/mol. The summed E-state index contributed by atoms with van der Waals surface area (Å²) in [7, 11) is -4.36. The third-order valence-electron chi connectivity index (χ3n) is 3.56. The van der Waals surface area contributed by atoms with Crippen LogP contribution in [0.25, 0.3) is 0 Å². The molecule has 0 aliphatic carbocycles.